The lowest BCUT2D eigenvalue weighted by molar-refractivity contribution is -0.143. The largest absolute Gasteiger partial charge is 0.480 e. The van der Waals surface area contributed by atoms with Crippen LogP contribution in [0.3, 0.4) is 0 Å². The molecule has 2 N–H and O–H groups in total. The van der Waals surface area contributed by atoms with Crippen LogP contribution < -0.4 is 5.32 Å². The van der Waals surface area contributed by atoms with Crippen LogP contribution in [-0.2, 0) is 20.8 Å². The van der Waals surface area contributed by atoms with Crippen LogP contribution in [0.2, 0.25) is 0 Å². The molecular formula is C15H18N2O4S. The zero-order valence-electron chi connectivity index (χ0n) is 12.2. The van der Waals surface area contributed by atoms with Crippen LogP contribution in [0, 0.1) is 0 Å². The van der Waals surface area contributed by atoms with Gasteiger partial charge in [-0.3, -0.25) is 9.59 Å². The standard InChI is InChI=1S/C15H18N2O4S/c1-10(18)17-9-22-8-13(17)14(19)16-12(15(20)21)7-11-5-3-2-4-6-11/h2-6,12-13H,7-9H2,1H3,(H,16,19)(H,20,21)/t12-,13+/m1/s1. The maximum Gasteiger partial charge on any atom is 0.326 e. The number of carbonyl (C=O) groups is 3. The molecule has 0 aromatic heterocycles. The van der Waals surface area contributed by atoms with E-state index >= 15 is 0 Å². The highest BCUT2D eigenvalue weighted by Gasteiger charge is 2.34. The third-order valence-electron chi connectivity index (χ3n) is 3.49. The molecule has 2 atom stereocenters. The van der Waals surface area contributed by atoms with Crippen LogP contribution in [-0.4, -0.2) is 51.5 Å². The number of aliphatic carboxylic acids is 1. The Balaban J connectivity index is 2.03. The molecule has 1 fully saturated rings. The lowest BCUT2D eigenvalue weighted by atomic mass is 10.1. The van der Waals surface area contributed by atoms with Crippen molar-refractivity contribution in [1.82, 2.24) is 10.2 Å². The quantitative estimate of drug-likeness (QED) is 0.834. The van der Waals surface area contributed by atoms with E-state index in [1.807, 2.05) is 30.3 Å². The van der Waals surface area contributed by atoms with Crippen molar-refractivity contribution >= 4 is 29.5 Å². The minimum absolute atomic E-state index is 0.180. The third-order valence-corrected chi connectivity index (χ3v) is 4.50. The Bertz CT molecular complexity index is 564. The molecule has 6 nitrogen and oxygen atoms in total. The number of hydrogen-bond acceptors (Lipinski definition) is 4. The minimum Gasteiger partial charge on any atom is -0.480 e. The molecule has 1 aliphatic rings. The van der Waals surface area contributed by atoms with Crippen molar-refractivity contribution in [2.45, 2.75) is 25.4 Å². The van der Waals surface area contributed by atoms with Gasteiger partial charge in [-0.2, -0.15) is 0 Å². The van der Waals surface area contributed by atoms with Gasteiger partial charge in [0.1, 0.15) is 12.1 Å². The Hall–Kier alpha value is -2.02. The average molecular weight is 322 g/mol. The molecule has 1 aromatic carbocycles. The predicted octanol–water partition coefficient (Wildman–Crippen LogP) is 0.720. The summed E-state index contributed by atoms with van der Waals surface area (Å²) in [5.41, 5.74) is 0.833. The second-order valence-corrected chi connectivity index (χ2v) is 6.09. The highest BCUT2D eigenvalue weighted by molar-refractivity contribution is 7.99. The fourth-order valence-corrected chi connectivity index (χ4v) is 3.51. The van der Waals surface area contributed by atoms with E-state index < -0.39 is 24.0 Å². The Morgan fingerprint density at radius 2 is 2.05 bits per heavy atom. The van der Waals surface area contributed by atoms with Gasteiger partial charge in [-0.15, -0.1) is 11.8 Å². The number of nitrogens with zero attached hydrogens (tertiary/aromatic N) is 1. The summed E-state index contributed by atoms with van der Waals surface area (Å²) in [7, 11) is 0. The Morgan fingerprint density at radius 3 is 2.64 bits per heavy atom. The van der Waals surface area contributed by atoms with Crippen LogP contribution in [0.4, 0.5) is 0 Å². The van der Waals surface area contributed by atoms with Crippen molar-refractivity contribution < 1.29 is 19.5 Å². The normalized spacial score (nSPS) is 18.8. The SMILES string of the molecule is CC(=O)N1CSC[C@H]1C(=O)N[C@H](Cc1ccccc1)C(=O)O. The van der Waals surface area contributed by atoms with Gasteiger partial charge >= 0.3 is 5.97 Å². The molecule has 2 amide bonds. The molecule has 0 bridgehead atoms. The summed E-state index contributed by atoms with van der Waals surface area (Å²) >= 11 is 1.48. The fourth-order valence-electron chi connectivity index (χ4n) is 2.29. The van der Waals surface area contributed by atoms with E-state index in [1.54, 1.807) is 0 Å². The van der Waals surface area contributed by atoms with Gasteiger partial charge in [-0.05, 0) is 5.56 Å². The highest BCUT2D eigenvalue weighted by Crippen LogP contribution is 2.21. The summed E-state index contributed by atoms with van der Waals surface area (Å²) in [6, 6.07) is 7.51. The second-order valence-electron chi connectivity index (χ2n) is 5.09. The molecule has 0 aliphatic carbocycles. The number of thioether (sulfide) groups is 1. The smallest absolute Gasteiger partial charge is 0.326 e. The van der Waals surface area contributed by atoms with Crippen LogP contribution in [0.1, 0.15) is 12.5 Å². The van der Waals surface area contributed by atoms with Crippen molar-refractivity contribution in [3.8, 4) is 0 Å². The Labute approximate surface area is 132 Å². The molecule has 0 saturated carbocycles. The Kier molecular flexibility index (Phi) is 5.43. The maximum absolute atomic E-state index is 12.3. The zero-order chi connectivity index (χ0) is 16.1. The molecule has 1 saturated heterocycles. The molecule has 2 rings (SSSR count). The minimum atomic E-state index is -1.09. The molecule has 1 aliphatic heterocycles. The highest BCUT2D eigenvalue weighted by atomic mass is 32.2. The molecular weight excluding hydrogens is 304 g/mol. The van der Waals surface area contributed by atoms with Crippen molar-refractivity contribution in [3.05, 3.63) is 35.9 Å². The van der Waals surface area contributed by atoms with E-state index in [-0.39, 0.29) is 12.3 Å². The van der Waals surface area contributed by atoms with Crippen molar-refractivity contribution in [3.63, 3.8) is 0 Å². The first-order valence-corrected chi connectivity index (χ1v) is 8.06. The third kappa shape index (κ3) is 4.00. The van der Waals surface area contributed by atoms with Gasteiger partial charge in [0.2, 0.25) is 11.8 Å². The van der Waals surface area contributed by atoms with E-state index in [1.165, 1.54) is 23.6 Å². The molecule has 1 aromatic rings. The van der Waals surface area contributed by atoms with Crippen LogP contribution in [0.15, 0.2) is 30.3 Å². The van der Waals surface area contributed by atoms with Gasteiger partial charge in [-0.25, -0.2) is 4.79 Å². The van der Waals surface area contributed by atoms with Crippen molar-refractivity contribution in [1.29, 1.82) is 0 Å². The number of carboxylic acid groups (broad SMARTS) is 1. The number of benzene rings is 1. The van der Waals surface area contributed by atoms with E-state index in [4.69, 9.17) is 0 Å². The van der Waals surface area contributed by atoms with Gasteiger partial charge in [0, 0.05) is 19.1 Å². The maximum atomic E-state index is 12.3. The van der Waals surface area contributed by atoms with Gasteiger partial charge in [0.25, 0.3) is 0 Å². The lowest BCUT2D eigenvalue weighted by Gasteiger charge is -2.23. The topological polar surface area (TPSA) is 86.7 Å². The summed E-state index contributed by atoms with van der Waals surface area (Å²) in [5, 5.41) is 11.8. The summed E-state index contributed by atoms with van der Waals surface area (Å²) in [4.78, 5) is 36.6. The number of carboxylic acids is 1. The predicted molar refractivity (Wildman–Crippen MR) is 83.3 cm³/mol. The number of carbonyl (C=O) groups excluding carboxylic acids is 2. The molecule has 1 heterocycles. The van der Waals surface area contributed by atoms with Crippen LogP contribution in [0.25, 0.3) is 0 Å². The zero-order valence-corrected chi connectivity index (χ0v) is 13.0. The van der Waals surface area contributed by atoms with Crippen LogP contribution >= 0.6 is 11.8 Å². The average Bonchev–Trinajstić information content (AvgIpc) is 2.97. The first-order chi connectivity index (χ1) is 10.5. The molecule has 0 unspecified atom stereocenters. The molecule has 0 spiro atoms. The number of nitrogens with one attached hydrogen (secondary N) is 1. The van der Waals surface area contributed by atoms with E-state index in [0.717, 1.165) is 5.56 Å². The van der Waals surface area contributed by atoms with Crippen LogP contribution in [0.5, 0.6) is 0 Å². The number of hydrogen-bond donors (Lipinski definition) is 2. The summed E-state index contributed by atoms with van der Waals surface area (Å²) in [6.45, 7) is 1.41. The first kappa shape index (κ1) is 16.4. The van der Waals surface area contributed by atoms with Gasteiger partial charge in [0.05, 0.1) is 5.88 Å². The van der Waals surface area contributed by atoms with Gasteiger partial charge in [-0.1, -0.05) is 30.3 Å². The van der Waals surface area contributed by atoms with E-state index in [0.29, 0.717) is 11.6 Å². The lowest BCUT2D eigenvalue weighted by Crippen LogP contribution is -2.52. The van der Waals surface area contributed by atoms with E-state index in [2.05, 4.69) is 5.32 Å². The summed E-state index contributed by atoms with van der Waals surface area (Å²) in [5.74, 6) is -0.728. The number of rotatable bonds is 5. The fraction of sp³-hybridized carbons (Fsp3) is 0.400. The molecule has 7 heteroatoms. The Morgan fingerprint density at radius 1 is 1.36 bits per heavy atom. The van der Waals surface area contributed by atoms with Crippen molar-refractivity contribution in [2.24, 2.45) is 0 Å². The summed E-state index contributed by atoms with van der Waals surface area (Å²) < 4.78 is 0. The monoisotopic (exact) mass is 322 g/mol. The van der Waals surface area contributed by atoms with Crippen molar-refractivity contribution in [2.75, 3.05) is 11.6 Å². The summed E-state index contributed by atoms with van der Waals surface area (Å²) in [6.07, 6.45) is 0.210. The molecule has 118 valence electrons. The molecule has 22 heavy (non-hydrogen) atoms. The van der Waals surface area contributed by atoms with Gasteiger partial charge < -0.3 is 15.3 Å². The second kappa shape index (κ2) is 7.31. The molecule has 0 radical (unpaired) electrons. The first-order valence-electron chi connectivity index (χ1n) is 6.91. The van der Waals surface area contributed by atoms with Gasteiger partial charge in [0.15, 0.2) is 0 Å². The van der Waals surface area contributed by atoms with E-state index in [9.17, 15) is 19.5 Å². The number of amides is 2.